The van der Waals surface area contributed by atoms with E-state index in [0.717, 1.165) is 10.4 Å². The van der Waals surface area contributed by atoms with Crippen molar-refractivity contribution in [3.8, 4) is 5.75 Å². The topological polar surface area (TPSA) is 91.3 Å². The van der Waals surface area contributed by atoms with Crippen LogP contribution in [0.3, 0.4) is 0 Å². The third kappa shape index (κ3) is 2.75. The van der Waals surface area contributed by atoms with E-state index in [1.165, 1.54) is 17.4 Å². The Bertz CT molecular complexity index is 583. The Hall–Kier alpha value is -2.15. The molecule has 94 valence electrons. The number of hydrogen-bond donors (Lipinski definition) is 1. The van der Waals surface area contributed by atoms with Crippen LogP contribution in [0.1, 0.15) is 10.4 Å². The molecule has 0 radical (unpaired) electrons. The number of nitro groups is 1. The van der Waals surface area contributed by atoms with Gasteiger partial charge in [-0.1, -0.05) is 17.4 Å². The number of benzene rings is 1. The van der Waals surface area contributed by atoms with E-state index < -0.39 is 4.92 Å². The van der Waals surface area contributed by atoms with Crippen molar-refractivity contribution in [1.82, 2.24) is 4.98 Å². The molecule has 1 aromatic carbocycles. The standard InChI is InChI=1S/C11H11N3O3S/c1-7-2-3-9(14(15)16)10(4-7)17-6-8-5-13-11(12)18-8/h2-5H,6H2,1H3,(H2,12,13). The van der Waals surface area contributed by atoms with Crippen LogP contribution in [-0.2, 0) is 6.61 Å². The van der Waals surface area contributed by atoms with Gasteiger partial charge in [0.2, 0.25) is 0 Å². The lowest BCUT2D eigenvalue weighted by Crippen LogP contribution is -1.98. The van der Waals surface area contributed by atoms with Gasteiger partial charge in [-0.05, 0) is 18.6 Å². The van der Waals surface area contributed by atoms with Crippen molar-refractivity contribution in [3.63, 3.8) is 0 Å². The molecule has 0 saturated carbocycles. The minimum absolute atomic E-state index is 0.0434. The molecule has 0 atom stereocenters. The number of aromatic nitrogens is 1. The number of nitro benzene ring substituents is 1. The van der Waals surface area contributed by atoms with Crippen molar-refractivity contribution in [2.24, 2.45) is 0 Å². The number of ether oxygens (including phenoxy) is 1. The molecule has 0 bridgehead atoms. The number of aryl methyl sites for hydroxylation is 1. The minimum atomic E-state index is -0.462. The molecule has 7 heteroatoms. The van der Waals surface area contributed by atoms with E-state index in [1.807, 2.05) is 6.92 Å². The minimum Gasteiger partial charge on any atom is -0.481 e. The summed E-state index contributed by atoms with van der Waals surface area (Å²) in [6, 6.07) is 4.75. The number of nitrogen functional groups attached to an aromatic ring is 1. The molecule has 0 spiro atoms. The molecule has 2 aromatic rings. The SMILES string of the molecule is Cc1ccc([N+](=O)[O-])c(OCc2cnc(N)s2)c1. The fourth-order valence-electron chi connectivity index (χ4n) is 1.43. The molecule has 0 saturated heterocycles. The van der Waals surface area contributed by atoms with Crippen LogP contribution in [0.25, 0.3) is 0 Å². The van der Waals surface area contributed by atoms with Crippen LogP contribution in [0, 0.1) is 17.0 Å². The Labute approximate surface area is 107 Å². The summed E-state index contributed by atoms with van der Waals surface area (Å²) in [5, 5.41) is 11.3. The molecular weight excluding hydrogens is 254 g/mol. The third-order valence-corrected chi connectivity index (χ3v) is 3.05. The summed E-state index contributed by atoms with van der Waals surface area (Å²) in [6.07, 6.45) is 1.60. The van der Waals surface area contributed by atoms with Crippen molar-refractivity contribution in [3.05, 3.63) is 45.0 Å². The smallest absolute Gasteiger partial charge is 0.310 e. The lowest BCUT2D eigenvalue weighted by Gasteiger charge is -2.05. The van der Waals surface area contributed by atoms with E-state index in [2.05, 4.69) is 4.98 Å². The summed E-state index contributed by atoms with van der Waals surface area (Å²) < 4.78 is 5.45. The first-order valence-electron chi connectivity index (χ1n) is 5.14. The summed E-state index contributed by atoms with van der Waals surface area (Å²) >= 11 is 1.30. The molecule has 0 aliphatic carbocycles. The van der Waals surface area contributed by atoms with E-state index in [0.29, 0.717) is 5.13 Å². The van der Waals surface area contributed by atoms with Crippen LogP contribution in [0.5, 0.6) is 5.75 Å². The first-order valence-corrected chi connectivity index (χ1v) is 5.96. The zero-order valence-corrected chi connectivity index (χ0v) is 10.4. The van der Waals surface area contributed by atoms with Gasteiger partial charge in [-0.3, -0.25) is 10.1 Å². The Morgan fingerprint density at radius 3 is 2.94 bits per heavy atom. The molecule has 0 aliphatic heterocycles. The van der Waals surface area contributed by atoms with Crippen molar-refractivity contribution in [2.45, 2.75) is 13.5 Å². The average molecular weight is 265 g/mol. The molecule has 18 heavy (non-hydrogen) atoms. The van der Waals surface area contributed by atoms with E-state index >= 15 is 0 Å². The number of anilines is 1. The van der Waals surface area contributed by atoms with Crippen LogP contribution >= 0.6 is 11.3 Å². The summed E-state index contributed by atoms with van der Waals surface area (Å²) in [5.74, 6) is 0.256. The predicted octanol–water partition coefficient (Wildman–Crippen LogP) is 2.52. The zero-order valence-electron chi connectivity index (χ0n) is 9.62. The average Bonchev–Trinajstić information content (AvgIpc) is 2.72. The maximum atomic E-state index is 10.8. The van der Waals surface area contributed by atoms with Gasteiger partial charge >= 0.3 is 5.69 Å². The fourth-order valence-corrected chi connectivity index (χ4v) is 2.02. The highest BCUT2D eigenvalue weighted by molar-refractivity contribution is 7.15. The van der Waals surface area contributed by atoms with Crippen LogP contribution in [0.2, 0.25) is 0 Å². The van der Waals surface area contributed by atoms with Crippen molar-refractivity contribution >= 4 is 22.2 Å². The highest BCUT2D eigenvalue weighted by Crippen LogP contribution is 2.29. The molecule has 6 nitrogen and oxygen atoms in total. The van der Waals surface area contributed by atoms with Gasteiger partial charge in [-0.25, -0.2) is 4.98 Å². The van der Waals surface area contributed by atoms with Gasteiger partial charge in [-0.15, -0.1) is 0 Å². The second kappa shape index (κ2) is 5.01. The van der Waals surface area contributed by atoms with E-state index in [4.69, 9.17) is 10.5 Å². The number of thiazole rings is 1. The number of nitrogens with two attached hydrogens (primary N) is 1. The fraction of sp³-hybridized carbons (Fsp3) is 0.182. The maximum Gasteiger partial charge on any atom is 0.310 e. The zero-order chi connectivity index (χ0) is 13.1. The van der Waals surface area contributed by atoms with Crippen LogP contribution < -0.4 is 10.5 Å². The van der Waals surface area contributed by atoms with Crippen molar-refractivity contribution in [1.29, 1.82) is 0 Å². The van der Waals surface area contributed by atoms with Gasteiger partial charge in [0.05, 0.1) is 9.80 Å². The Kier molecular flexibility index (Phi) is 3.42. The lowest BCUT2D eigenvalue weighted by atomic mass is 10.2. The molecule has 0 unspecified atom stereocenters. The molecule has 2 N–H and O–H groups in total. The predicted molar refractivity (Wildman–Crippen MR) is 68.7 cm³/mol. The monoisotopic (exact) mass is 265 g/mol. The Balaban J connectivity index is 2.17. The quantitative estimate of drug-likeness (QED) is 0.677. The molecule has 0 amide bonds. The molecule has 0 aliphatic rings. The summed E-state index contributed by atoms with van der Waals surface area (Å²) in [6.45, 7) is 2.07. The third-order valence-electron chi connectivity index (χ3n) is 2.25. The van der Waals surface area contributed by atoms with Gasteiger partial charge < -0.3 is 10.5 Å². The maximum absolute atomic E-state index is 10.8. The van der Waals surface area contributed by atoms with Crippen LogP contribution in [0.4, 0.5) is 10.8 Å². The second-order valence-corrected chi connectivity index (χ2v) is 4.83. The Morgan fingerprint density at radius 1 is 1.56 bits per heavy atom. The van der Waals surface area contributed by atoms with E-state index in [9.17, 15) is 10.1 Å². The van der Waals surface area contributed by atoms with Gasteiger partial charge in [0.25, 0.3) is 0 Å². The normalized spacial score (nSPS) is 10.3. The lowest BCUT2D eigenvalue weighted by molar-refractivity contribution is -0.385. The number of hydrogen-bond acceptors (Lipinski definition) is 6. The van der Waals surface area contributed by atoms with Crippen LogP contribution in [-0.4, -0.2) is 9.91 Å². The Morgan fingerprint density at radius 2 is 2.33 bits per heavy atom. The van der Waals surface area contributed by atoms with E-state index in [-0.39, 0.29) is 18.0 Å². The summed E-state index contributed by atoms with van der Waals surface area (Å²) in [7, 11) is 0. The van der Waals surface area contributed by atoms with Gasteiger partial charge in [-0.2, -0.15) is 0 Å². The molecule has 2 rings (SSSR count). The highest BCUT2D eigenvalue weighted by Gasteiger charge is 2.15. The largest absolute Gasteiger partial charge is 0.481 e. The molecule has 0 fully saturated rings. The van der Waals surface area contributed by atoms with Crippen molar-refractivity contribution < 1.29 is 9.66 Å². The highest BCUT2D eigenvalue weighted by atomic mass is 32.1. The van der Waals surface area contributed by atoms with Gasteiger partial charge in [0.15, 0.2) is 10.9 Å². The number of nitrogens with zero attached hydrogens (tertiary/aromatic N) is 2. The van der Waals surface area contributed by atoms with Crippen LogP contribution in [0.15, 0.2) is 24.4 Å². The summed E-state index contributed by atoms with van der Waals surface area (Å²) in [4.78, 5) is 15.1. The molecule has 1 heterocycles. The summed E-state index contributed by atoms with van der Waals surface area (Å²) in [5.41, 5.74) is 6.35. The first kappa shape index (κ1) is 12.3. The number of rotatable bonds is 4. The van der Waals surface area contributed by atoms with Gasteiger partial charge in [0.1, 0.15) is 6.61 Å². The van der Waals surface area contributed by atoms with Crippen molar-refractivity contribution in [2.75, 3.05) is 5.73 Å². The van der Waals surface area contributed by atoms with E-state index in [1.54, 1.807) is 18.3 Å². The van der Waals surface area contributed by atoms with Gasteiger partial charge in [0, 0.05) is 12.3 Å². The molecule has 1 aromatic heterocycles. The second-order valence-electron chi connectivity index (χ2n) is 3.68. The molecular formula is C11H11N3O3S. The first-order chi connectivity index (χ1) is 8.56.